The molecule has 1 N–H and O–H groups in total. The monoisotopic (exact) mass is 412 g/mol. The number of amides is 1. The Balaban J connectivity index is 1.71. The van der Waals surface area contributed by atoms with Gasteiger partial charge in [-0.15, -0.1) is 0 Å². The second-order valence-electron chi connectivity index (χ2n) is 6.04. The number of carbonyl (C=O) groups excluding carboxylic acids is 1. The number of hydrogen-bond acceptors (Lipinski definition) is 4. The summed E-state index contributed by atoms with van der Waals surface area (Å²) in [5.74, 6) is 0.757. The van der Waals surface area contributed by atoms with Gasteiger partial charge >= 0.3 is 6.18 Å². The first-order valence-electron chi connectivity index (χ1n) is 8.25. The SMILES string of the molecule is O=C(CN(Cc1ccco1)Cc1ccco1)Nc1cc(C(F)(F)F)ccc1Cl. The molecule has 3 aromatic rings. The maximum absolute atomic E-state index is 12.9. The van der Waals surface area contributed by atoms with E-state index in [1.807, 2.05) is 0 Å². The lowest BCUT2D eigenvalue weighted by molar-refractivity contribution is -0.137. The van der Waals surface area contributed by atoms with Crippen molar-refractivity contribution < 1.29 is 26.8 Å². The van der Waals surface area contributed by atoms with Gasteiger partial charge in [0, 0.05) is 0 Å². The van der Waals surface area contributed by atoms with E-state index in [0.717, 1.165) is 18.2 Å². The number of carbonyl (C=O) groups is 1. The molecule has 28 heavy (non-hydrogen) atoms. The van der Waals surface area contributed by atoms with Crippen molar-refractivity contribution in [2.75, 3.05) is 11.9 Å². The van der Waals surface area contributed by atoms with Crippen molar-refractivity contribution in [2.24, 2.45) is 0 Å². The van der Waals surface area contributed by atoms with Crippen molar-refractivity contribution in [3.8, 4) is 0 Å². The highest BCUT2D eigenvalue weighted by atomic mass is 35.5. The van der Waals surface area contributed by atoms with Gasteiger partial charge in [-0.1, -0.05) is 11.6 Å². The molecule has 2 aromatic heterocycles. The number of alkyl halides is 3. The molecule has 0 bridgehead atoms. The van der Waals surface area contributed by atoms with Crippen molar-refractivity contribution in [3.05, 3.63) is 77.1 Å². The first-order valence-corrected chi connectivity index (χ1v) is 8.63. The van der Waals surface area contributed by atoms with Crippen LogP contribution in [-0.2, 0) is 24.1 Å². The molecule has 3 rings (SSSR count). The molecule has 5 nitrogen and oxygen atoms in total. The zero-order valence-electron chi connectivity index (χ0n) is 14.5. The summed E-state index contributed by atoms with van der Waals surface area (Å²) < 4.78 is 49.3. The van der Waals surface area contributed by atoms with Gasteiger partial charge in [0.2, 0.25) is 5.91 Å². The molecule has 0 saturated heterocycles. The van der Waals surface area contributed by atoms with Gasteiger partial charge in [-0.2, -0.15) is 13.2 Å². The van der Waals surface area contributed by atoms with Crippen molar-refractivity contribution in [1.82, 2.24) is 4.90 Å². The summed E-state index contributed by atoms with van der Waals surface area (Å²) in [4.78, 5) is 14.2. The summed E-state index contributed by atoms with van der Waals surface area (Å²) >= 11 is 5.93. The fourth-order valence-corrected chi connectivity index (χ4v) is 2.77. The molecular formula is C19H16ClF3N2O3. The number of nitrogens with zero attached hydrogens (tertiary/aromatic N) is 1. The lowest BCUT2D eigenvalue weighted by Gasteiger charge is -2.20. The molecule has 2 heterocycles. The van der Waals surface area contributed by atoms with Gasteiger partial charge in [-0.3, -0.25) is 9.69 Å². The minimum absolute atomic E-state index is 0.0185. The summed E-state index contributed by atoms with van der Waals surface area (Å²) in [5, 5.41) is 2.46. The van der Waals surface area contributed by atoms with Crippen LogP contribution < -0.4 is 5.32 Å². The van der Waals surface area contributed by atoms with Crippen molar-refractivity contribution in [1.29, 1.82) is 0 Å². The molecule has 148 valence electrons. The van der Waals surface area contributed by atoms with E-state index >= 15 is 0 Å². The Kier molecular flexibility index (Phi) is 6.11. The number of furan rings is 2. The highest BCUT2D eigenvalue weighted by Gasteiger charge is 2.31. The summed E-state index contributed by atoms with van der Waals surface area (Å²) in [6.07, 6.45) is -1.50. The minimum Gasteiger partial charge on any atom is -0.468 e. The van der Waals surface area contributed by atoms with E-state index in [4.69, 9.17) is 20.4 Å². The van der Waals surface area contributed by atoms with Gasteiger partial charge in [-0.05, 0) is 42.5 Å². The summed E-state index contributed by atoms with van der Waals surface area (Å²) in [6, 6.07) is 9.74. The Bertz CT molecular complexity index is 873. The number of anilines is 1. The van der Waals surface area contributed by atoms with Gasteiger partial charge in [0.05, 0.1) is 48.4 Å². The minimum atomic E-state index is -4.53. The van der Waals surface area contributed by atoms with Crippen LogP contribution in [0, 0.1) is 0 Å². The largest absolute Gasteiger partial charge is 0.468 e. The van der Waals surface area contributed by atoms with Crippen molar-refractivity contribution in [3.63, 3.8) is 0 Å². The fourth-order valence-electron chi connectivity index (χ4n) is 2.60. The molecule has 0 aliphatic heterocycles. The van der Waals surface area contributed by atoms with Gasteiger partial charge in [0.1, 0.15) is 11.5 Å². The van der Waals surface area contributed by atoms with Crippen LogP contribution in [0.3, 0.4) is 0 Å². The third-order valence-corrected chi connectivity index (χ3v) is 4.18. The molecule has 0 fully saturated rings. The molecule has 1 aromatic carbocycles. The first-order chi connectivity index (χ1) is 13.3. The lowest BCUT2D eigenvalue weighted by Crippen LogP contribution is -2.32. The van der Waals surface area contributed by atoms with E-state index in [-0.39, 0.29) is 17.3 Å². The van der Waals surface area contributed by atoms with Crippen LogP contribution in [0.4, 0.5) is 18.9 Å². The Hall–Kier alpha value is -2.71. The van der Waals surface area contributed by atoms with Crippen LogP contribution >= 0.6 is 11.6 Å². The molecule has 9 heteroatoms. The van der Waals surface area contributed by atoms with Gasteiger partial charge in [0.25, 0.3) is 0 Å². The molecule has 0 saturated carbocycles. The summed E-state index contributed by atoms with van der Waals surface area (Å²) in [5.41, 5.74) is -0.993. The van der Waals surface area contributed by atoms with Crippen LogP contribution in [0.5, 0.6) is 0 Å². The summed E-state index contributed by atoms with van der Waals surface area (Å²) in [7, 11) is 0. The molecular weight excluding hydrogens is 397 g/mol. The number of benzene rings is 1. The quantitative estimate of drug-likeness (QED) is 0.580. The molecule has 1 amide bonds. The number of hydrogen-bond donors (Lipinski definition) is 1. The maximum Gasteiger partial charge on any atom is 0.416 e. The smallest absolute Gasteiger partial charge is 0.416 e. The zero-order chi connectivity index (χ0) is 20.1. The van der Waals surface area contributed by atoms with Gasteiger partial charge < -0.3 is 14.2 Å². The topological polar surface area (TPSA) is 58.6 Å². The van der Waals surface area contributed by atoms with E-state index in [1.54, 1.807) is 29.2 Å². The molecule has 0 atom stereocenters. The van der Waals surface area contributed by atoms with Crippen LogP contribution in [0.2, 0.25) is 5.02 Å². The van der Waals surface area contributed by atoms with Gasteiger partial charge in [-0.25, -0.2) is 0 Å². The Morgan fingerprint density at radius 3 is 2.14 bits per heavy atom. The van der Waals surface area contributed by atoms with E-state index in [1.165, 1.54) is 12.5 Å². The predicted molar refractivity (Wildman–Crippen MR) is 96.6 cm³/mol. The molecule has 0 radical (unpaired) electrons. The number of nitrogens with one attached hydrogen (secondary N) is 1. The third kappa shape index (κ3) is 5.40. The zero-order valence-corrected chi connectivity index (χ0v) is 15.3. The van der Waals surface area contributed by atoms with E-state index in [9.17, 15) is 18.0 Å². The average Bonchev–Trinajstić information content (AvgIpc) is 3.30. The predicted octanol–water partition coefficient (Wildman–Crippen LogP) is 5.19. The number of halogens is 4. The number of rotatable bonds is 7. The second kappa shape index (κ2) is 8.53. The normalized spacial score (nSPS) is 11.8. The summed E-state index contributed by atoms with van der Waals surface area (Å²) in [6.45, 7) is 0.531. The van der Waals surface area contributed by atoms with Crippen molar-refractivity contribution in [2.45, 2.75) is 19.3 Å². The average molecular weight is 413 g/mol. The highest BCUT2D eigenvalue weighted by Crippen LogP contribution is 2.33. The van der Waals surface area contributed by atoms with Crippen LogP contribution in [0.25, 0.3) is 0 Å². The highest BCUT2D eigenvalue weighted by molar-refractivity contribution is 6.33. The lowest BCUT2D eigenvalue weighted by atomic mass is 10.2. The second-order valence-corrected chi connectivity index (χ2v) is 6.45. The molecule has 0 unspecified atom stereocenters. The van der Waals surface area contributed by atoms with E-state index in [2.05, 4.69) is 5.32 Å². The molecule has 0 spiro atoms. The van der Waals surface area contributed by atoms with Gasteiger partial charge in [0.15, 0.2) is 0 Å². The van der Waals surface area contributed by atoms with Crippen molar-refractivity contribution >= 4 is 23.2 Å². The fraction of sp³-hybridized carbons (Fsp3) is 0.211. The Morgan fingerprint density at radius 2 is 1.64 bits per heavy atom. The van der Waals surface area contributed by atoms with Crippen LogP contribution in [0.15, 0.2) is 63.8 Å². The van der Waals surface area contributed by atoms with Crippen LogP contribution in [0.1, 0.15) is 17.1 Å². The van der Waals surface area contributed by atoms with Crippen LogP contribution in [-0.4, -0.2) is 17.4 Å². The molecule has 0 aliphatic rings. The standard InChI is InChI=1S/C19H16ClF3N2O3/c20-16-6-5-13(19(21,22)23)9-17(16)24-18(26)12-25(10-14-3-1-7-27-14)11-15-4-2-8-28-15/h1-9H,10-12H2,(H,24,26). The molecule has 0 aliphatic carbocycles. The maximum atomic E-state index is 12.9. The first kappa shape index (κ1) is 20.0. The Labute approximate surface area is 163 Å². The van der Waals surface area contributed by atoms with E-state index < -0.39 is 17.6 Å². The van der Waals surface area contributed by atoms with E-state index in [0.29, 0.717) is 24.6 Å². The third-order valence-electron chi connectivity index (χ3n) is 3.85. The Morgan fingerprint density at radius 1 is 1.04 bits per heavy atom.